The first-order valence-corrected chi connectivity index (χ1v) is 5.82. The molecule has 0 atom stereocenters. The zero-order valence-corrected chi connectivity index (χ0v) is 9.47. The Morgan fingerprint density at radius 3 is 3.00 bits per heavy atom. The molecule has 1 aromatic heterocycles. The van der Waals surface area contributed by atoms with Crippen LogP contribution in [0, 0.1) is 6.92 Å². The molecule has 0 saturated heterocycles. The summed E-state index contributed by atoms with van der Waals surface area (Å²) in [5.74, 6) is 0. The standard InChI is InChI=1S/C8H8N2S3/c1-4-5(11)2-3-6-7(4)10-8(12-6)13-9/h2-3,11H,9H2,1H3. The SMILES string of the molecule is Cc1c(S)ccc2sc(SN)nc12. The summed E-state index contributed by atoms with van der Waals surface area (Å²) in [4.78, 5) is 5.38. The van der Waals surface area contributed by atoms with Crippen molar-refractivity contribution in [3.63, 3.8) is 0 Å². The number of rotatable bonds is 1. The Hall–Kier alpha value is -0.230. The summed E-state index contributed by atoms with van der Waals surface area (Å²) in [5.41, 5.74) is 2.14. The van der Waals surface area contributed by atoms with E-state index in [0.29, 0.717) is 0 Å². The lowest BCUT2D eigenvalue weighted by molar-refractivity contribution is 1.25. The second-order valence-corrected chi connectivity index (χ2v) is 5.05. The number of nitrogens with zero attached hydrogens (tertiary/aromatic N) is 1. The average Bonchev–Trinajstić information content (AvgIpc) is 2.55. The summed E-state index contributed by atoms with van der Waals surface area (Å²) < 4.78 is 2.07. The molecule has 0 bridgehead atoms. The average molecular weight is 228 g/mol. The maximum atomic E-state index is 5.45. The molecular weight excluding hydrogens is 220 g/mol. The highest BCUT2D eigenvalue weighted by atomic mass is 32.2. The Balaban J connectivity index is 2.76. The van der Waals surface area contributed by atoms with Crippen LogP contribution in [0.1, 0.15) is 5.56 Å². The highest BCUT2D eigenvalue weighted by Gasteiger charge is 2.06. The molecule has 0 aliphatic rings. The predicted molar refractivity (Wildman–Crippen MR) is 61.7 cm³/mol. The highest BCUT2D eigenvalue weighted by molar-refractivity contribution is 7.99. The van der Waals surface area contributed by atoms with Gasteiger partial charge in [-0.3, -0.25) is 5.14 Å². The first-order chi connectivity index (χ1) is 6.22. The van der Waals surface area contributed by atoms with Gasteiger partial charge in [-0.2, -0.15) is 0 Å². The van der Waals surface area contributed by atoms with E-state index in [-0.39, 0.29) is 0 Å². The van der Waals surface area contributed by atoms with Crippen LogP contribution in [0.2, 0.25) is 0 Å². The topological polar surface area (TPSA) is 38.9 Å². The number of hydrogen-bond acceptors (Lipinski definition) is 5. The maximum absolute atomic E-state index is 5.45. The monoisotopic (exact) mass is 228 g/mol. The van der Waals surface area contributed by atoms with E-state index in [1.807, 2.05) is 19.1 Å². The van der Waals surface area contributed by atoms with E-state index < -0.39 is 0 Å². The zero-order valence-electron chi connectivity index (χ0n) is 6.94. The minimum atomic E-state index is 0.900. The van der Waals surface area contributed by atoms with Crippen LogP contribution in [0.15, 0.2) is 21.4 Å². The van der Waals surface area contributed by atoms with Gasteiger partial charge in [0.25, 0.3) is 0 Å². The Bertz CT molecular complexity index is 450. The minimum absolute atomic E-state index is 0.900. The number of benzene rings is 1. The van der Waals surface area contributed by atoms with Crippen molar-refractivity contribution in [1.82, 2.24) is 4.98 Å². The maximum Gasteiger partial charge on any atom is 0.165 e. The van der Waals surface area contributed by atoms with Crippen molar-refractivity contribution >= 4 is 46.1 Å². The molecule has 13 heavy (non-hydrogen) atoms. The molecule has 0 aliphatic heterocycles. The molecule has 0 fully saturated rings. The second-order valence-electron chi connectivity index (χ2n) is 2.65. The quantitative estimate of drug-likeness (QED) is 0.582. The minimum Gasteiger partial charge on any atom is -0.272 e. The van der Waals surface area contributed by atoms with E-state index >= 15 is 0 Å². The van der Waals surface area contributed by atoms with Crippen molar-refractivity contribution in [1.29, 1.82) is 0 Å². The molecule has 0 saturated carbocycles. The van der Waals surface area contributed by atoms with E-state index in [9.17, 15) is 0 Å². The normalized spacial score (nSPS) is 11.0. The number of aromatic nitrogens is 1. The van der Waals surface area contributed by atoms with Crippen LogP contribution in [0.5, 0.6) is 0 Å². The lowest BCUT2D eigenvalue weighted by Crippen LogP contribution is -1.80. The molecule has 68 valence electrons. The van der Waals surface area contributed by atoms with Gasteiger partial charge in [-0.25, -0.2) is 4.98 Å². The smallest absolute Gasteiger partial charge is 0.165 e. The first kappa shape index (κ1) is 9.33. The van der Waals surface area contributed by atoms with E-state index in [4.69, 9.17) is 5.14 Å². The van der Waals surface area contributed by atoms with Gasteiger partial charge in [-0.1, -0.05) is 0 Å². The molecule has 2 N–H and O–H groups in total. The number of nitrogens with two attached hydrogens (primary N) is 1. The van der Waals surface area contributed by atoms with E-state index in [1.165, 1.54) is 16.6 Å². The fourth-order valence-corrected chi connectivity index (χ4v) is 2.69. The van der Waals surface area contributed by atoms with Crippen molar-refractivity contribution in [2.45, 2.75) is 16.2 Å². The van der Waals surface area contributed by atoms with Crippen LogP contribution in [-0.4, -0.2) is 4.98 Å². The molecule has 0 unspecified atom stereocenters. The van der Waals surface area contributed by atoms with E-state index in [0.717, 1.165) is 20.3 Å². The van der Waals surface area contributed by atoms with E-state index in [2.05, 4.69) is 17.6 Å². The van der Waals surface area contributed by atoms with Crippen LogP contribution in [0.3, 0.4) is 0 Å². The number of fused-ring (bicyclic) bond motifs is 1. The summed E-state index contributed by atoms with van der Waals surface area (Å²) in [6.45, 7) is 2.02. The van der Waals surface area contributed by atoms with Gasteiger partial charge in [-0.05, 0) is 36.6 Å². The fourth-order valence-electron chi connectivity index (χ4n) is 1.14. The summed E-state index contributed by atoms with van der Waals surface area (Å²) >= 11 is 7.14. The third kappa shape index (κ3) is 1.57. The second kappa shape index (κ2) is 3.49. The van der Waals surface area contributed by atoms with Gasteiger partial charge < -0.3 is 0 Å². The molecule has 2 rings (SSSR count). The zero-order chi connectivity index (χ0) is 9.42. The van der Waals surface area contributed by atoms with Crippen molar-refractivity contribution < 1.29 is 0 Å². The van der Waals surface area contributed by atoms with Gasteiger partial charge in [0.2, 0.25) is 0 Å². The molecule has 1 heterocycles. The highest BCUT2D eigenvalue weighted by Crippen LogP contribution is 2.31. The Morgan fingerprint density at radius 1 is 1.54 bits per heavy atom. The molecule has 0 amide bonds. The van der Waals surface area contributed by atoms with Gasteiger partial charge in [0, 0.05) is 4.90 Å². The van der Waals surface area contributed by atoms with Crippen LogP contribution < -0.4 is 5.14 Å². The summed E-state index contributed by atoms with van der Waals surface area (Å²) in [7, 11) is 0. The third-order valence-corrected chi connectivity index (χ3v) is 4.00. The van der Waals surface area contributed by atoms with Crippen LogP contribution in [-0.2, 0) is 0 Å². The molecule has 1 aromatic carbocycles. The van der Waals surface area contributed by atoms with Crippen molar-refractivity contribution in [3.8, 4) is 0 Å². The van der Waals surface area contributed by atoms with Crippen LogP contribution in [0.25, 0.3) is 10.2 Å². The van der Waals surface area contributed by atoms with E-state index in [1.54, 1.807) is 11.3 Å². The van der Waals surface area contributed by atoms with Gasteiger partial charge in [0.05, 0.1) is 10.2 Å². The Labute approximate surface area is 90.1 Å². The molecular formula is C8H8N2S3. The Kier molecular flexibility index (Phi) is 2.51. The molecule has 2 nitrogen and oxygen atoms in total. The van der Waals surface area contributed by atoms with Gasteiger partial charge in [0.15, 0.2) is 4.34 Å². The molecule has 2 aromatic rings. The van der Waals surface area contributed by atoms with Crippen LogP contribution in [0.4, 0.5) is 0 Å². The Morgan fingerprint density at radius 2 is 2.31 bits per heavy atom. The number of hydrogen-bond donors (Lipinski definition) is 2. The van der Waals surface area contributed by atoms with Crippen molar-refractivity contribution in [3.05, 3.63) is 17.7 Å². The molecule has 0 radical (unpaired) electrons. The lowest BCUT2D eigenvalue weighted by atomic mass is 10.2. The van der Waals surface area contributed by atoms with Gasteiger partial charge in [0.1, 0.15) is 0 Å². The fraction of sp³-hybridized carbons (Fsp3) is 0.125. The van der Waals surface area contributed by atoms with Crippen LogP contribution >= 0.6 is 35.9 Å². The summed E-state index contributed by atoms with van der Waals surface area (Å²) in [6, 6.07) is 4.02. The van der Waals surface area contributed by atoms with Crippen molar-refractivity contribution in [2.75, 3.05) is 0 Å². The molecule has 0 aliphatic carbocycles. The largest absolute Gasteiger partial charge is 0.272 e. The summed E-state index contributed by atoms with van der Waals surface area (Å²) in [6.07, 6.45) is 0. The molecule has 5 heteroatoms. The lowest BCUT2D eigenvalue weighted by Gasteiger charge is -1.97. The predicted octanol–water partition coefficient (Wildman–Crippen LogP) is 2.86. The summed E-state index contributed by atoms with van der Waals surface area (Å²) in [5, 5.41) is 5.45. The third-order valence-electron chi connectivity index (χ3n) is 1.87. The first-order valence-electron chi connectivity index (χ1n) is 3.68. The van der Waals surface area contributed by atoms with Gasteiger partial charge in [-0.15, -0.1) is 24.0 Å². The number of thiol groups is 1. The molecule has 0 spiro atoms. The van der Waals surface area contributed by atoms with Gasteiger partial charge >= 0.3 is 0 Å². The van der Waals surface area contributed by atoms with Crippen molar-refractivity contribution in [2.24, 2.45) is 5.14 Å². The number of thiazole rings is 1. The number of aryl methyl sites for hydroxylation is 1.